The van der Waals surface area contributed by atoms with E-state index in [9.17, 15) is 4.39 Å². The van der Waals surface area contributed by atoms with Crippen LogP contribution in [-0.4, -0.2) is 7.05 Å². The molecule has 0 bridgehead atoms. The summed E-state index contributed by atoms with van der Waals surface area (Å²) in [4.78, 5) is 1.94. The van der Waals surface area contributed by atoms with Gasteiger partial charge < -0.3 is 10.6 Å². The molecular weight excluding hydrogens is 251 g/mol. The highest BCUT2D eigenvalue weighted by molar-refractivity contribution is 6.30. The van der Waals surface area contributed by atoms with E-state index in [0.717, 1.165) is 16.9 Å². The second-order valence-electron chi connectivity index (χ2n) is 4.01. The molecule has 0 fully saturated rings. The van der Waals surface area contributed by atoms with E-state index >= 15 is 0 Å². The fraction of sp³-hybridized carbons (Fsp3) is 0.143. The average molecular weight is 265 g/mol. The van der Waals surface area contributed by atoms with Crippen molar-refractivity contribution in [1.29, 1.82) is 0 Å². The lowest BCUT2D eigenvalue weighted by Gasteiger charge is -2.22. The van der Waals surface area contributed by atoms with Crippen molar-refractivity contribution in [2.24, 2.45) is 5.73 Å². The lowest BCUT2D eigenvalue weighted by Crippen LogP contribution is -2.13. The molecule has 2 nitrogen and oxygen atoms in total. The van der Waals surface area contributed by atoms with Crippen LogP contribution in [0.2, 0.25) is 5.02 Å². The molecular formula is C14H14ClFN2. The van der Waals surface area contributed by atoms with Crippen LogP contribution >= 0.6 is 11.6 Å². The molecule has 0 aliphatic heterocycles. The quantitative estimate of drug-likeness (QED) is 0.916. The Morgan fingerprint density at radius 3 is 2.44 bits per heavy atom. The first-order chi connectivity index (χ1) is 8.61. The predicted octanol–water partition coefficient (Wildman–Crippen LogP) is 3.71. The highest BCUT2D eigenvalue weighted by atomic mass is 35.5. The zero-order valence-electron chi connectivity index (χ0n) is 10.0. The highest BCUT2D eigenvalue weighted by Gasteiger charge is 2.09. The van der Waals surface area contributed by atoms with Crippen LogP contribution in [0.4, 0.5) is 15.8 Å². The summed E-state index contributed by atoms with van der Waals surface area (Å²) in [5.74, 6) is -0.253. The van der Waals surface area contributed by atoms with Crippen LogP contribution in [0, 0.1) is 5.82 Å². The van der Waals surface area contributed by atoms with E-state index in [4.69, 9.17) is 17.3 Å². The average Bonchev–Trinajstić information content (AvgIpc) is 2.39. The van der Waals surface area contributed by atoms with Gasteiger partial charge in [0.1, 0.15) is 5.82 Å². The van der Waals surface area contributed by atoms with E-state index in [1.165, 1.54) is 12.1 Å². The fourth-order valence-electron chi connectivity index (χ4n) is 1.83. The fourth-order valence-corrected chi connectivity index (χ4v) is 1.99. The molecule has 0 aliphatic carbocycles. The smallest absolute Gasteiger partial charge is 0.123 e. The summed E-state index contributed by atoms with van der Waals surface area (Å²) < 4.78 is 12.9. The van der Waals surface area contributed by atoms with Crippen LogP contribution in [0.25, 0.3) is 0 Å². The molecule has 18 heavy (non-hydrogen) atoms. The van der Waals surface area contributed by atoms with Crippen LogP contribution in [0.5, 0.6) is 0 Å². The first-order valence-electron chi connectivity index (χ1n) is 5.59. The van der Waals surface area contributed by atoms with E-state index < -0.39 is 0 Å². The van der Waals surface area contributed by atoms with Gasteiger partial charge in [-0.15, -0.1) is 0 Å². The van der Waals surface area contributed by atoms with E-state index in [1.54, 1.807) is 12.1 Å². The molecule has 0 spiro atoms. The first kappa shape index (κ1) is 12.9. The third kappa shape index (κ3) is 2.63. The van der Waals surface area contributed by atoms with Gasteiger partial charge in [-0.05, 0) is 42.0 Å². The van der Waals surface area contributed by atoms with Crippen LogP contribution in [0.15, 0.2) is 42.5 Å². The van der Waals surface area contributed by atoms with E-state index in [0.29, 0.717) is 11.6 Å². The zero-order chi connectivity index (χ0) is 13.1. The van der Waals surface area contributed by atoms with Gasteiger partial charge in [0.05, 0.1) is 0 Å². The van der Waals surface area contributed by atoms with Gasteiger partial charge in [-0.2, -0.15) is 0 Å². The number of halogens is 2. The minimum absolute atomic E-state index is 0.253. The molecule has 0 radical (unpaired) electrons. The maximum Gasteiger partial charge on any atom is 0.123 e. The molecule has 0 amide bonds. The summed E-state index contributed by atoms with van der Waals surface area (Å²) in [6.45, 7) is 0.429. The van der Waals surface area contributed by atoms with Crippen molar-refractivity contribution >= 4 is 23.0 Å². The Labute approximate surface area is 111 Å². The number of hydrogen-bond acceptors (Lipinski definition) is 2. The molecule has 0 aromatic heterocycles. The van der Waals surface area contributed by atoms with Crippen molar-refractivity contribution < 1.29 is 4.39 Å². The highest BCUT2D eigenvalue weighted by Crippen LogP contribution is 2.29. The van der Waals surface area contributed by atoms with Gasteiger partial charge >= 0.3 is 0 Å². The van der Waals surface area contributed by atoms with Gasteiger partial charge in [-0.3, -0.25) is 0 Å². The number of anilines is 2. The summed E-state index contributed by atoms with van der Waals surface area (Å²) in [6, 6.07) is 11.9. The molecule has 0 saturated carbocycles. The summed E-state index contributed by atoms with van der Waals surface area (Å²) in [7, 11) is 1.90. The molecule has 0 atom stereocenters. The summed E-state index contributed by atoms with van der Waals surface area (Å²) in [5.41, 5.74) is 8.51. The zero-order valence-corrected chi connectivity index (χ0v) is 10.8. The van der Waals surface area contributed by atoms with Crippen molar-refractivity contribution in [3.63, 3.8) is 0 Å². The van der Waals surface area contributed by atoms with Gasteiger partial charge in [-0.25, -0.2) is 4.39 Å². The maximum atomic E-state index is 12.9. The molecule has 0 heterocycles. The second kappa shape index (κ2) is 5.38. The Morgan fingerprint density at radius 2 is 1.83 bits per heavy atom. The van der Waals surface area contributed by atoms with Crippen LogP contribution < -0.4 is 10.6 Å². The van der Waals surface area contributed by atoms with Gasteiger partial charge in [0.15, 0.2) is 0 Å². The molecule has 0 aliphatic rings. The van der Waals surface area contributed by atoms with Crippen molar-refractivity contribution in [3.8, 4) is 0 Å². The van der Waals surface area contributed by atoms with Crippen molar-refractivity contribution in [2.75, 3.05) is 11.9 Å². The molecule has 4 heteroatoms. The van der Waals surface area contributed by atoms with Crippen molar-refractivity contribution in [1.82, 2.24) is 0 Å². The third-order valence-electron chi connectivity index (χ3n) is 2.84. The number of nitrogens with two attached hydrogens (primary N) is 1. The topological polar surface area (TPSA) is 29.3 Å². The normalized spacial score (nSPS) is 10.4. The third-order valence-corrected chi connectivity index (χ3v) is 3.08. The first-order valence-corrected chi connectivity index (χ1v) is 5.97. The van der Waals surface area contributed by atoms with Crippen LogP contribution in [0.1, 0.15) is 5.56 Å². The number of hydrogen-bond donors (Lipinski definition) is 1. The number of benzene rings is 2. The van der Waals surface area contributed by atoms with Gasteiger partial charge in [-0.1, -0.05) is 17.7 Å². The Morgan fingerprint density at radius 1 is 1.17 bits per heavy atom. The minimum Gasteiger partial charge on any atom is -0.344 e. The van der Waals surface area contributed by atoms with Crippen molar-refractivity contribution in [3.05, 3.63) is 58.9 Å². The molecule has 2 aromatic rings. The minimum atomic E-state index is -0.253. The standard InChI is InChI=1S/C14H14ClFN2/c1-18(13-6-4-12(16)5-7-13)14-8-11(15)3-2-10(14)9-17/h2-8H,9,17H2,1H3. The monoisotopic (exact) mass is 264 g/mol. The predicted molar refractivity (Wildman–Crippen MR) is 73.8 cm³/mol. The number of rotatable bonds is 3. The van der Waals surface area contributed by atoms with Crippen molar-refractivity contribution in [2.45, 2.75) is 6.54 Å². The van der Waals surface area contributed by atoms with E-state index in [1.807, 2.05) is 30.1 Å². The summed E-state index contributed by atoms with van der Waals surface area (Å²) >= 11 is 6.00. The van der Waals surface area contributed by atoms with Crippen LogP contribution in [-0.2, 0) is 6.54 Å². The molecule has 2 aromatic carbocycles. The molecule has 0 unspecified atom stereocenters. The largest absolute Gasteiger partial charge is 0.344 e. The summed E-state index contributed by atoms with van der Waals surface area (Å²) in [5, 5.41) is 0.649. The van der Waals surface area contributed by atoms with Gasteiger partial charge in [0.25, 0.3) is 0 Å². The second-order valence-corrected chi connectivity index (χ2v) is 4.45. The molecule has 0 saturated heterocycles. The van der Waals surface area contributed by atoms with E-state index in [2.05, 4.69) is 0 Å². The molecule has 94 valence electrons. The Bertz CT molecular complexity index is 540. The Balaban J connectivity index is 2.41. The molecule has 2 rings (SSSR count). The Kier molecular flexibility index (Phi) is 3.84. The summed E-state index contributed by atoms with van der Waals surface area (Å²) in [6.07, 6.45) is 0. The maximum absolute atomic E-state index is 12.9. The van der Waals surface area contributed by atoms with Gasteiger partial charge in [0, 0.05) is 30.0 Å². The Hall–Kier alpha value is -1.58. The lowest BCUT2D eigenvalue weighted by molar-refractivity contribution is 0.628. The SMILES string of the molecule is CN(c1ccc(F)cc1)c1cc(Cl)ccc1CN. The van der Waals surface area contributed by atoms with Crippen LogP contribution in [0.3, 0.4) is 0 Å². The van der Waals surface area contributed by atoms with Gasteiger partial charge in [0.2, 0.25) is 0 Å². The molecule has 2 N–H and O–H groups in total. The lowest BCUT2D eigenvalue weighted by atomic mass is 10.1. The number of nitrogens with zero attached hydrogens (tertiary/aromatic N) is 1. The van der Waals surface area contributed by atoms with E-state index in [-0.39, 0.29) is 5.82 Å².